The minimum atomic E-state index is -1.18. The van der Waals surface area contributed by atoms with Crippen LogP contribution in [0.1, 0.15) is 59.3 Å². The summed E-state index contributed by atoms with van der Waals surface area (Å²) in [6.45, 7) is 15.7. The lowest BCUT2D eigenvalue weighted by molar-refractivity contribution is -0.159. The SMILES string of the molecule is C=CCCC(=O)NC[C@H](C)OC(=O)[C@@H]1[C@H]2C(=O)N(CCCCO)[C@H](C(=O)N(CC=C)c3ccc(N(CC)CC)cc3)[C@]23CC[C@H]1O3. The van der Waals surface area contributed by atoms with E-state index in [4.69, 9.17) is 9.47 Å². The molecule has 0 radical (unpaired) electrons. The van der Waals surface area contributed by atoms with Gasteiger partial charge in [0.25, 0.3) is 5.91 Å². The zero-order valence-electron chi connectivity index (χ0n) is 27.5. The monoisotopic (exact) mass is 638 g/mol. The second kappa shape index (κ2) is 15.7. The van der Waals surface area contributed by atoms with Gasteiger partial charge in [-0.05, 0) is 77.1 Å². The maximum atomic E-state index is 14.6. The molecule has 3 aliphatic rings. The highest BCUT2D eigenvalue weighted by molar-refractivity contribution is 6.04. The van der Waals surface area contributed by atoms with E-state index < -0.39 is 41.7 Å². The molecule has 11 nitrogen and oxygen atoms in total. The number of benzene rings is 1. The third kappa shape index (κ3) is 7.00. The minimum Gasteiger partial charge on any atom is -0.460 e. The summed E-state index contributed by atoms with van der Waals surface area (Å²) < 4.78 is 12.3. The van der Waals surface area contributed by atoms with Crippen LogP contribution in [0.25, 0.3) is 0 Å². The Kier molecular flexibility index (Phi) is 12.0. The number of carbonyl (C=O) groups is 4. The molecule has 0 unspecified atom stereocenters. The summed E-state index contributed by atoms with van der Waals surface area (Å²) >= 11 is 0. The first kappa shape index (κ1) is 35.2. The molecule has 6 atom stereocenters. The molecule has 46 heavy (non-hydrogen) atoms. The molecule has 1 spiro atoms. The molecule has 2 bridgehead atoms. The largest absolute Gasteiger partial charge is 0.460 e. The lowest BCUT2D eigenvalue weighted by atomic mass is 9.70. The maximum absolute atomic E-state index is 14.6. The van der Waals surface area contributed by atoms with E-state index in [1.54, 1.807) is 28.9 Å². The molecule has 3 fully saturated rings. The van der Waals surface area contributed by atoms with Crippen LogP contribution in [-0.4, -0.2) is 96.9 Å². The van der Waals surface area contributed by atoms with Gasteiger partial charge >= 0.3 is 5.97 Å². The lowest BCUT2D eigenvalue weighted by Gasteiger charge is -2.37. The molecular weight excluding hydrogens is 588 g/mol. The second-order valence-electron chi connectivity index (χ2n) is 12.3. The van der Waals surface area contributed by atoms with Crippen LogP contribution in [0.5, 0.6) is 0 Å². The van der Waals surface area contributed by atoms with Crippen LogP contribution in [0.4, 0.5) is 11.4 Å². The Morgan fingerprint density at radius 2 is 1.85 bits per heavy atom. The van der Waals surface area contributed by atoms with Gasteiger partial charge < -0.3 is 34.6 Å². The number of aliphatic hydroxyl groups excluding tert-OH is 1. The smallest absolute Gasteiger partial charge is 0.312 e. The third-order valence-corrected chi connectivity index (χ3v) is 9.46. The van der Waals surface area contributed by atoms with E-state index in [-0.39, 0.29) is 44.0 Å². The lowest BCUT2D eigenvalue weighted by Crippen LogP contribution is -2.56. The van der Waals surface area contributed by atoms with Crippen molar-refractivity contribution in [2.45, 2.75) is 83.1 Å². The van der Waals surface area contributed by atoms with Gasteiger partial charge in [-0.3, -0.25) is 19.2 Å². The Balaban J connectivity index is 1.60. The van der Waals surface area contributed by atoms with Gasteiger partial charge in [-0.25, -0.2) is 0 Å². The van der Waals surface area contributed by atoms with E-state index in [2.05, 4.69) is 37.2 Å². The van der Waals surface area contributed by atoms with Gasteiger partial charge in [0.2, 0.25) is 11.8 Å². The number of fused-ring (bicyclic) bond motifs is 1. The van der Waals surface area contributed by atoms with Gasteiger partial charge in [0, 0.05) is 50.6 Å². The second-order valence-corrected chi connectivity index (χ2v) is 12.3. The zero-order valence-corrected chi connectivity index (χ0v) is 27.5. The number of rotatable bonds is 18. The average molecular weight is 639 g/mol. The highest BCUT2D eigenvalue weighted by Crippen LogP contribution is 2.59. The summed E-state index contributed by atoms with van der Waals surface area (Å²) in [6, 6.07) is 6.83. The first-order valence-electron chi connectivity index (χ1n) is 16.6. The number of likely N-dealkylation sites (tertiary alicyclic amines) is 1. The maximum Gasteiger partial charge on any atom is 0.312 e. The molecule has 3 heterocycles. The number of amides is 3. The van der Waals surface area contributed by atoms with Crippen LogP contribution < -0.4 is 15.1 Å². The van der Waals surface area contributed by atoms with Gasteiger partial charge in [-0.2, -0.15) is 0 Å². The van der Waals surface area contributed by atoms with Gasteiger partial charge in [-0.15, -0.1) is 13.2 Å². The van der Waals surface area contributed by atoms with E-state index >= 15 is 0 Å². The van der Waals surface area contributed by atoms with Crippen molar-refractivity contribution in [3.8, 4) is 0 Å². The van der Waals surface area contributed by atoms with Gasteiger partial charge in [0.15, 0.2) is 0 Å². The van der Waals surface area contributed by atoms with Crippen molar-refractivity contribution >= 4 is 35.1 Å². The predicted octanol–water partition coefficient (Wildman–Crippen LogP) is 3.21. The summed E-state index contributed by atoms with van der Waals surface area (Å²) in [7, 11) is 0. The van der Waals surface area contributed by atoms with E-state index in [1.807, 2.05) is 24.3 Å². The van der Waals surface area contributed by atoms with E-state index in [1.165, 1.54) is 0 Å². The van der Waals surface area contributed by atoms with Gasteiger partial charge in [0.05, 0.1) is 24.5 Å². The normalized spacial score (nSPS) is 25.1. The summed E-state index contributed by atoms with van der Waals surface area (Å²) in [5.41, 5.74) is 0.547. The first-order chi connectivity index (χ1) is 22.2. The van der Waals surface area contributed by atoms with E-state index in [0.717, 1.165) is 18.8 Å². The van der Waals surface area contributed by atoms with Crippen LogP contribution in [0.15, 0.2) is 49.6 Å². The molecule has 0 aromatic heterocycles. The Morgan fingerprint density at radius 1 is 1.15 bits per heavy atom. The van der Waals surface area contributed by atoms with E-state index in [9.17, 15) is 24.3 Å². The number of esters is 1. The van der Waals surface area contributed by atoms with E-state index in [0.29, 0.717) is 44.2 Å². The number of hydrogen-bond acceptors (Lipinski definition) is 8. The molecule has 1 aromatic carbocycles. The fourth-order valence-electron chi connectivity index (χ4n) is 7.26. The van der Waals surface area contributed by atoms with Crippen LogP contribution in [-0.2, 0) is 28.7 Å². The molecule has 3 saturated heterocycles. The van der Waals surface area contributed by atoms with Crippen LogP contribution >= 0.6 is 0 Å². The summed E-state index contributed by atoms with van der Waals surface area (Å²) in [5.74, 6) is -3.05. The Morgan fingerprint density at radius 3 is 2.48 bits per heavy atom. The number of anilines is 2. The van der Waals surface area contributed by atoms with Crippen LogP contribution in [0, 0.1) is 11.8 Å². The fourth-order valence-corrected chi connectivity index (χ4v) is 7.26. The topological polar surface area (TPSA) is 129 Å². The number of allylic oxidation sites excluding steroid dienone is 1. The van der Waals surface area contributed by atoms with Crippen molar-refractivity contribution < 1.29 is 33.8 Å². The third-order valence-electron chi connectivity index (χ3n) is 9.46. The summed E-state index contributed by atoms with van der Waals surface area (Å²) in [5, 5.41) is 12.2. The average Bonchev–Trinajstić information content (AvgIpc) is 3.70. The number of nitrogens with one attached hydrogen (secondary N) is 1. The van der Waals surface area contributed by atoms with Crippen molar-refractivity contribution in [3.05, 3.63) is 49.6 Å². The highest BCUT2D eigenvalue weighted by atomic mass is 16.6. The molecule has 4 rings (SSSR count). The first-order valence-corrected chi connectivity index (χ1v) is 16.6. The van der Waals surface area contributed by atoms with Crippen LogP contribution in [0.3, 0.4) is 0 Å². The molecular formula is C35H50N4O7. The van der Waals surface area contributed by atoms with Crippen LogP contribution in [0.2, 0.25) is 0 Å². The number of ether oxygens (including phenoxy) is 2. The number of hydrogen-bond donors (Lipinski definition) is 2. The molecule has 2 N–H and O–H groups in total. The van der Waals surface area contributed by atoms with Crippen molar-refractivity contribution in [2.75, 3.05) is 49.1 Å². The number of aliphatic hydroxyl groups is 1. The highest BCUT2D eigenvalue weighted by Gasteiger charge is 2.75. The molecule has 0 saturated carbocycles. The Hall–Kier alpha value is -3.70. The van der Waals surface area contributed by atoms with Crippen molar-refractivity contribution in [1.82, 2.24) is 10.2 Å². The molecule has 3 aliphatic heterocycles. The molecule has 0 aliphatic carbocycles. The quantitative estimate of drug-likeness (QED) is 0.143. The van der Waals surface area contributed by atoms with Crippen molar-refractivity contribution in [1.29, 1.82) is 0 Å². The standard InChI is InChI=1S/C35H50N4O7/c1-6-10-13-28(41)36-23-24(5)45-34(44)29-27-18-19-35(46-27)30(29)32(42)39(21-11-12-22-40)31(35)33(43)38(20-7-2)26-16-14-25(15-17-26)37(8-3)9-4/h6-7,14-17,24,27,29-31,40H,1-2,8-13,18-23H2,3-5H3,(H,36,41)/t24-,27+,29-,30-,31+,35-/m0/s1. The molecule has 1 aromatic rings. The number of unbranched alkanes of at least 4 members (excludes halogenated alkanes) is 1. The van der Waals surface area contributed by atoms with Crippen molar-refractivity contribution in [2.24, 2.45) is 11.8 Å². The number of nitrogens with zero attached hydrogens (tertiary/aromatic N) is 3. The predicted molar refractivity (Wildman–Crippen MR) is 176 cm³/mol. The Bertz CT molecular complexity index is 1270. The minimum absolute atomic E-state index is 0.0355. The summed E-state index contributed by atoms with van der Waals surface area (Å²) in [4.78, 5) is 59.9. The fraction of sp³-hybridized carbons (Fsp3) is 0.600. The van der Waals surface area contributed by atoms with Gasteiger partial charge in [-0.1, -0.05) is 12.2 Å². The molecule has 252 valence electrons. The summed E-state index contributed by atoms with van der Waals surface area (Å²) in [6.07, 6.45) is 4.94. The van der Waals surface area contributed by atoms with Crippen molar-refractivity contribution in [3.63, 3.8) is 0 Å². The molecule has 3 amide bonds. The van der Waals surface area contributed by atoms with Gasteiger partial charge in [0.1, 0.15) is 17.7 Å². The zero-order chi connectivity index (χ0) is 33.4. The Labute approximate surface area is 272 Å². The molecule has 11 heteroatoms. The number of carbonyl (C=O) groups excluding carboxylic acids is 4.